The molecule has 0 aliphatic carbocycles. The van der Waals surface area contributed by atoms with Gasteiger partial charge in [-0.25, -0.2) is 0 Å². The molecule has 0 atom stereocenters. The van der Waals surface area contributed by atoms with E-state index in [-0.39, 0.29) is 17.6 Å². The van der Waals surface area contributed by atoms with E-state index in [1.54, 1.807) is 0 Å². The van der Waals surface area contributed by atoms with Gasteiger partial charge in [0.05, 0.1) is 0 Å². The highest BCUT2D eigenvalue weighted by atomic mass is 32.2. The highest BCUT2D eigenvalue weighted by Gasteiger charge is 2.19. The van der Waals surface area contributed by atoms with E-state index in [9.17, 15) is 13.2 Å². The van der Waals surface area contributed by atoms with Crippen molar-refractivity contribution in [2.24, 2.45) is 0 Å². The molecule has 1 aliphatic heterocycles. The molecule has 0 aromatic carbocycles. The first-order chi connectivity index (χ1) is 6.16. The Hall–Kier alpha value is -1.63. The quantitative estimate of drug-likeness (QED) is 0.483. The zero-order chi connectivity index (χ0) is 9.42. The molecule has 2 heterocycles. The second-order valence-electron chi connectivity index (χ2n) is 2.39. The third-order valence-electron chi connectivity index (χ3n) is 1.54. The molecule has 0 saturated carbocycles. The Morgan fingerprint density at radius 2 is 2.31 bits per heavy atom. The maximum Gasteiger partial charge on any atom is 0.306 e. The van der Waals surface area contributed by atoms with Crippen molar-refractivity contribution in [3.8, 4) is 6.01 Å². The summed E-state index contributed by atoms with van der Waals surface area (Å²) in [6, 6.07) is 1.26. The fourth-order valence-corrected chi connectivity index (χ4v) is 1.36. The number of nitrogens with zero attached hydrogens (tertiary/aromatic N) is 2. The summed E-state index contributed by atoms with van der Waals surface area (Å²) in [5.41, 5.74) is -0.454. The molecule has 1 aromatic rings. The Labute approximate surface area is 73.9 Å². The summed E-state index contributed by atoms with van der Waals surface area (Å²) in [6.07, 6.45) is 1.44. The lowest BCUT2D eigenvalue weighted by Crippen LogP contribution is -2.07. The third-order valence-corrected chi connectivity index (χ3v) is 2.12. The maximum atomic E-state index is 10.7. The molecule has 0 radical (unpaired) electrons. The molecule has 1 aromatic heterocycles. The predicted octanol–water partition coefficient (Wildman–Crippen LogP) is -1.36. The van der Waals surface area contributed by atoms with Crippen LogP contribution in [0.1, 0.15) is 0 Å². The second-order valence-corrected chi connectivity index (χ2v) is 3.31. The van der Waals surface area contributed by atoms with Crippen molar-refractivity contribution in [1.29, 1.82) is 0 Å². The van der Waals surface area contributed by atoms with Crippen LogP contribution < -0.4 is 10.3 Å². The van der Waals surface area contributed by atoms with Crippen molar-refractivity contribution in [2.45, 2.75) is 6.54 Å². The van der Waals surface area contributed by atoms with Crippen LogP contribution in [0.2, 0.25) is 0 Å². The lowest BCUT2D eigenvalue weighted by Gasteiger charge is -1.93. The largest absolute Gasteiger partial charge is 0.411 e. The van der Waals surface area contributed by atoms with Gasteiger partial charge in [0.2, 0.25) is 5.05 Å². The Morgan fingerprint density at radius 3 is 3.00 bits per heavy atom. The van der Waals surface area contributed by atoms with Crippen LogP contribution in [0.25, 0.3) is 0 Å². The van der Waals surface area contributed by atoms with Crippen LogP contribution in [0, 0.1) is 0 Å². The molecule has 2 rings (SSSR count). The summed E-state index contributed by atoms with van der Waals surface area (Å²) < 4.78 is 27.2. The molecule has 68 valence electrons. The lowest BCUT2D eigenvalue weighted by molar-refractivity contribution is 0.525. The maximum absolute atomic E-state index is 10.7. The minimum absolute atomic E-state index is 0.0201. The van der Waals surface area contributed by atoms with Gasteiger partial charge < -0.3 is 4.74 Å². The number of aromatic nitrogens is 2. The number of rotatable bonds is 0. The van der Waals surface area contributed by atoms with E-state index in [0.717, 1.165) is 0 Å². The highest BCUT2D eigenvalue weighted by Crippen LogP contribution is 2.11. The van der Waals surface area contributed by atoms with E-state index in [1.807, 2.05) is 0 Å². The van der Waals surface area contributed by atoms with Gasteiger partial charge in [-0.15, -0.1) is 0 Å². The fraction of sp³-hybridized carbons (Fsp3) is 0.167. The molecule has 1 aliphatic rings. The number of fused-ring (bicyclic) bond motifs is 1. The van der Waals surface area contributed by atoms with Crippen molar-refractivity contribution < 1.29 is 13.2 Å². The first-order valence-electron chi connectivity index (χ1n) is 3.37. The summed E-state index contributed by atoms with van der Waals surface area (Å²) in [7, 11) is -2.39. The SMILES string of the molecule is O=c1ccn2c(n1)OC(=S(=O)=O)C2. The van der Waals surface area contributed by atoms with Crippen LogP contribution in [0.3, 0.4) is 0 Å². The van der Waals surface area contributed by atoms with Crippen LogP contribution in [-0.2, 0) is 16.8 Å². The minimum Gasteiger partial charge on any atom is -0.411 e. The number of ether oxygens (including phenoxy) is 1. The Bertz CT molecular complexity index is 534. The van der Waals surface area contributed by atoms with Crippen molar-refractivity contribution in [1.82, 2.24) is 9.55 Å². The first-order valence-corrected chi connectivity index (χ1v) is 4.45. The Balaban J connectivity index is 2.59. The van der Waals surface area contributed by atoms with Gasteiger partial charge in [0.1, 0.15) is 6.54 Å². The molecule has 6 nitrogen and oxygen atoms in total. The molecular weight excluding hydrogens is 196 g/mol. The topological polar surface area (TPSA) is 78.3 Å². The molecule has 0 amide bonds. The van der Waals surface area contributed by atoms with E-state index in [0.29, 0.717) is 0 Å². The van der Waals surface area contributed by atoms with Crippen LogP contribution in [0.15, 0.2) is 17.1 Å². The predicted molar refractivity (Wildman–Crippen MR) is 43.1 cm³/mol. The third kappa shape index (κ3) is 1.33. The number of hydrogen-bond donors (Lipinski definition) is 0. The first kappa shape index (κ1) is 7.99. The van der Waals surface area contributed by atoms with Gasteiger partial charge in [0.25, 0.3) is 15.9 Å². The van der Waals surface area contributed by atoms with Gasteiger partial charge in [0.15, 0.2) is 0 Å². The zero-order valence-electron chi connectivity index (χ0n) is 6.30. The van der Waals surface area contributed by atoms with E-state index in [2.05, 4.69) is 4.98 Å². The van der Waals surface area contributed by atoms with Crippen molar-refractivity contribution >= 4 is 15.3 Å². The smallest absolute Gasteiger partial charge is 0.306 e. The van der Waals surface area contributed by atoms with Crippen molar-refractivity contribution in [2.75, 3.05) is 0 Å². The average molecular weight is 200 g/mol. The molecule has 13 heavy (non-hydrogen) atoms. The van der Waals surface area contributed by atoms with E-state index >= 15 is 0 Å². The van der Waals surface area contributed by atoms with Gasteiger partial charge in [-0.3, -0.25) is 9.36 Å². The Kier molecular flexibility index (Phi) is 1.66. The van der Waals surface area contributed by atoms with Crippen molar-refractivity contribution in [3.05, 3.63) is 22.6 Å². The van der Waals surface area contributed by atoms with E-state index in [1.165, 1.54) is 16.8 Å². The van der Waals surface area contributed by atoms with Gasteiger partial charge in [-0.05, 0) is 0 Å². The normalized spacial score (nSPS) is 13.7. The molecule has 0 saturated heterocycles. The average Bonchev–Trinajstić information content (AvgIpc) is 2.46. The number of hydrogen-bond acceptors (Lipinski definition) is 5. The molecule has 7 heteroatoms. The summed E-state index contributed by atoms with van der Waals surface area (Å²) in [6.45, 7) is 0.0960. The summed E-state index contributed by atoms with van der Waals surface area (Å²) >= 11 is 0. The van der Waals surface area contributed by atoms with Gasteiger partial charge in [-0.1, -0.05) is 0 Å². The van der Waals surface area contributed by atoms with Gasteiger partial charge in [-0.2, -0.15) is 13.4 Å². The monoisotopic (exact) mass is 200 g/mol. The van der Waals surface area contributed by atoms with Crippen LogP contribution in [0.5, 0.6) is 6.01 Å². The summed E-state index contributed by atoms with van der Waals surface area (Å²) in [4.78, 5) is 14.2. The van der Waals surface area contributed by atoms with E-state index in [4.69, 9.17) is 4.74 Å². The standard InChI is InChI=1S/C6H4N2O4S/c9-4-1-2-8-3-5(13(10)11)12-6(8)7-4/h1-2H,3H2. The van der Waals surface area contributed by atoms with Crippen LogP contribution in [-0.4, -0.2) is 23.0 Å². The molecule has 0 N–H and O–H groups in total. The minimum atomic E-state index is -2.39. The fourth-order valence-electron chi connectivity index (χ4n) is 0.975. The van der Waals surface area contributed by atoms with E-state index < -0.39 is 15.9 Å². The second kappa shape index (κ2) is 2.70. The zero-order valence-corrected chi connectivity index (χ0v) is 7.11. The van der Waals surface area contributed by atoms with Crippen LogP contribution in [0.4, 0.5) is 0 Å². The molecule has 0 spiro atoms. The Morgan fingerprint density at radius 1 is 1.54 bits per heavy atom. The molecule has 0 unspecified atom stereocenters. The van der Waals surface area contributed by atoms with Gasteiger partial charge >= 0.3 is 6.01 Å². The summed E-state index contributed by atoms with van der Waals surface area (Å²) in [5, 5.41) is -0.127. The molecule has 0 bridgehead atoms. The van der Waals surface area contributed by atoms with Crippen molar-refractivity contribution in [3.63, 3.8) is 0 Å². The van der Waals surface area contributed by atoms with Gasteiger partial charge in [0, 0.05) is 12.3 Å². The molecular formula is C6H4N2O4S. The lowest BCUT2D eigenvalue weighted by atomic mass is 10.6. The summed E-state index contributed by atoms with van der Waals surface area (Å²) in [5.74, 6) is 0. The molecule has 0 fully saturated rings. The van der Waals surface area contributed by atoms with Crippen LogP contribution >= 0.6 is 0 Å². The highest BCUT2D eigenvalue weighted by molar-refractivity contribution is 7.72.